The summed E-state index contributed by atoms with van der Waals surface area (Å²) in [6.07, 6.45) is 1.58. The van der Waals surface area contributed by atoms with Crippen molar-refractivity contribution in [1.82, 2.24) is 4.72 Å². The second kappa shape index (κ2) is 5.29. The summed E-state index contributed by atoms with van der Waals surface area (Å²) < 4.78 is 36.7. The lowest BCUT2D eigenvalue weighted by molar-refractivity contribution is 0.0692. The van der Waals surface area contributed by atoms with E-state index in [1.807, 2.05) is 0 Å². The van der Waals surface area contributed by atoms with E-state index in [1.54, 1.807) is 0 Å². The van der Waals surface area contributed by atoms with Gasteiger partial charge in [0.1, 0.15) is 5.56 Å². The SMILES string of the molecule is COc1cc(S(=O)(=O)NC2CC2)cc(C(=O)O)c1OC. The molecule has 0 saturated heterocycles. The number of hydrogen-bond donors (Lipinski definition) is 2. The smallest absolute Gasteiger partial charge is 0.339 e. The molecule has 20 heavy (non-hydrogen) atoms. The number of ether oxygens (including phenoxy) is 2. The number of carboxylic acid groups (broad SMARTS) is 1. The monoisotopic (exact) mass is 301 g/mol. The molecule has 2 N–H and O–H groups in total. The highest BCUT2D eigenvalue weighted by atomic mass is 32.2. The van der Waals surface area contributed by atoms with Gasteiger partial charge >= 0.3 is 5.97 Å². The molecule has 0 heterocycles. The van der Waals surface area contributed by atoms with Gasteiger partial charge in [-0.1, -0.05) is 0 Å². The molecular formula is C12H15NO6S. The predicted octanol–water partition coefficient (Wildman–Crippen LogP) is 0.843. The first-order chi connectivity index (χ1) is 9.39. The van der Waals surface area contributed by atoms with E-state index >= 15 is 0 Å². The van der Waals surface area contributed by atoms with E-state index in [0.29, 0.717) is 0 Å². The molecule has 0 spiro atoms. The van der Waals surface area contributed by atoms with Crippen LogP contribution >= 0.6 is 0 Å². The van der Waals surface area contributed by atoms with Crippen LogP contribution in [0.5, 0.6) is 11.5 Å². The lowest BCUT2D eigenvalue weighted by Gasteiger charge is -2.13. The third kappa shape index (κ3) is 2.86. The van der Waals surface area contributed by atoms with E-state index < -0.39 is 16.0 Å². The normalized spacial score (nSPS) is 14.9. The molecule has 0 radical (unpaired) electrons. The number of aromatic carboxylic acids is 1. The van der Waals surface area contributed by atoms with E-state index in [4.69, 9.17) is 14.6 Å². The molecule has 0 atom stereocenters. The molecule has 1 aliphatic rings. The summed E-state index contributed by atoms with van der Waals surface area (Å²) in [5.41, 5.74) is -0.261. The molecule has 0 bridgehead atoms. The number of rotatable bonds is 6. The number of sulfonamides is 1. The van der Waals surface area contributed by atoms with Gasteiger partial charge in [-0.3, -0.25) is 0 Å². The summed E-state index contributed by atoms with van der Waals surface area (Å²) in [7, 11) is -1.15. The van der Waals surface area contributed by atoms with Crippen LogP contribution in [0, 0.1) is 0 Å². The maximum atomic E-state index is 12.1. The zero-order chi connectivity index (χ0) is 14.9. The molecule has 1 fully saturated rings. The van der Waals surface area contributed by atoms with Crippen LogP contribution in [0.2, 0.25) is 0 Å². The van der Waals surface area contributed by atoms with Crippen molar-refractivity contribution >= 4 is 16.0 Å². The Balaban J connectivity index is 2.53. The Labute approximate surface area is 116 Å². The zero-order valence-corrected chi connectivity index (χ0v) is 11.9. The lowest BCUT2D eigenvalue weighted by Crippen LogP contribution is -2.26. The van der Waals surface area contributed by atoms with Crippen LogP contribution in [0.3, 0.4) is 0 Å². The van der Waals surface area contributed by atoms with Gasteiger partial charge in [0.25, 0.3) is 0 Å². The van der Waals surface area contributed by atoms with E-state index in [-0.39, 0.29) is 28.0 Å². The highest BCUT2D eigenvalue weighted by Crippen LogP contribution is 2.34. The third-order valence-corrected chi connectivity index (χ3v) is 4.39. The summed E-state index contributed by atoms with van der Waals surface area (Å²) in [6.45, 7) is 0. The van der Waals surface area contributed by atoms with Crippen molar-refractivity contribution in [3.63, 3.8) is 0 Å². The number of hydrogen-bond acceptors (Lipinski definition) is 5. The molecule has 7 nitrogen and oxygen atoms in total. The molecule has 0 amide bonds. The molecule has 0 aromatic heterocycles. The molecule has 0 unspecified atom stereocenters. The van der Waals surface area contributed by atoms with Crippen molar-refractivity contribution in [3.8, 4) is 11.5 Å². The molecule has 2 rings (SSSR count). The van der Waals surface area contributed by atoms with Gasteiger partial charge in [0.05, 0.1) is 19.1 Å². The molecule has 1 aliphatic carbocycles. The van der Waals surface area contributed by atoms with Crippen LogP contribution in [0.1, 0.15) is 23.2 Å². The Morgan fingerprint density at radius 3 is 2.40 bits per heavy atom. The van der Waals surface area contributed by atoms with Crippen molar-refractivity contribution in [1.29, 1.82) is 0 Å². The van der Waals surface area contributed by atoms with Crippen LogP contribution in [-0.2, 0) is 10.0 Å². The van der Waals surface area contributed by atoms with Crippen molar-refractivity contribution in [3.05, 3.63) is 17.7 Å². The Bertz CT molecular complexity index is 636. The van der Waals surface area contributed by atoms with E-state index in [1.165, 1.54) is 20.3 Å². The molecule has 1 aromatic rings. The Kier molecular flexibility index (Phi) is 3.87. The summed E-state index contributed by atoms with van der Waals surface area (Å²) in [4.78, 5) is 11.1. The minimum absolute atomic E-state index is 0.00891. The van der Waals surface area contributed by atoms with Crippen LogP contribution < -0.4 is 14.2 Å². The molecule has 8 heteroatoms. The number of benzene rings is 1. The summed E-state index contributed by atoms with van der Waals surface area (Å²) in [5, 5.41) is 9.15. The fraction of sp³-hybridized carbons (Fsp3) is 0.417. The fourth-order valence-corrected chi connectivity index (χ4v) is 3.09. The van der Waals surface area contributed by atoms with Crippen LogP contribution in [0.15, 0.2) is 17.0 Å². The maximum Gasteiger partial charge on any atom is 0.339 e. The lowest BCUT2D eigenvalue weighted by atomic mass is 10.2. The van der Waals surface area contributed by atoms with Crippen LogP contribution in [-0.4, -0.2) is 39.8 Å². The standard InChI is InChI=1S/C12H15NO6S/c1-18-10-6-8(20(16,17)13-7-3-4-7)5-9(12(14)15)11(10)19-2/h5-7,13H,3-4H2,1-2H3,(H,14,15). The van der Waals surface area contributed by atoms with Crippen molar-refractivity contribution < 1.29 is 27.8 Å². The zero-order valence-electron chi connectivity index (χ0n) is 11.0. The Morgan fingerprint density at radius 2 is 1.95 bits per heavy atom. The maximum absolute atomic E-state index is 12.1. The quantitative estimate of drug-likeness (QED) is 0.807. The summed E-state index contributed by atoms with van der Waals surface area (Å²) >= 11 is 0. The highest BCUT2D eigenvalue weighted by Gasteiger charge is 2.30. The van der Waals surface area contributed by atoms with Gasteiger partial charge in [-0.05, 0) is 18.9 Å². The van der Waals surface area contributed by atoms with Crippen LogP contribution in [0.4, 0.5) is 0 Å². The number of carbonyl (C=O) groups is 1. The van der Waals surface area contributed by atoms with E-state index in [0.717, 1.165) is 18.9 Å². The second-order valence-electron chi connectivity index (χ2n) is 4.41. The summed E-state index contributed by atoms with van der Waals surface area (Å²) in [6, 6.07) is 2.24. The van der Waals surface area contributed by atoms with Crippen molar-refractivity contribution in [2.24, 2.45) is 0 Å². The van der Waals surface area contributed by atoms with E-state index in [9.17, 15) is 13.2 Å². The Hall–Kier alpha value is -1.80. The van der Waals surface area contributed by atoms with Crippen molar-refractivity contribution in [2.75, 3.05) is 14.2 Å². The second-order valence-corrected chi connectivity index (χ2v) is 6.12. The van der Waals surface area contributed by atoms with Gasteiger partial charge < -0.3 is 14.6 Å². The van der Waals surface area contributed by atoms with Gasteiger partial charge in [0, 0.05) is 12.1 Å². The van der Waals surface area contributed by atoms with Gasteiger partial charge in [-0.25, -0.2) is 17.9 Å². The topological polar surface area (TPSA) is 102 Å². The van der Waals surface area contributed by atoms with Gasteiger partial charge in [-0.2, -0.15) is 0 Å². The van der Waals surface area contributed by atoms with Gasteiger partial charge in [0.2, 0.25) is 10.0 Å². The summed E-state index contributed by atoms with van der Waals surface area (Å²) in [5.74, 6) is -1.24. The van der Waals surface area contributed by atoms with Crippen LogP contribution in [0.25, 0.3) is 0 Å². The van der Waals surface area contributed by atoms with Gasteiger partial charge in [-0.15, -0.1) is 0 Å². The van der Waals surface area contributed by atoms with Crippen molar-refractivity contribution in [2.45, 2.75) is 23.8 Å². The first-order valence-electron chi connectivity index (χ1n) is 5.90. The molecular weight excluding hydrogens is 286 g/mol. The fourth-order valence-electron chi connectivity index (χ4n) is 1.74. The first kappa shape index (κ1) is 14.6. The van der Waals surface area contributed by atoms with E-state index in [2.05, 4.69) is 4.72 Å². The highest BCUT2D eigenvalue weighted by molar-refractivity contribution is 7.89. The molecule has 1 saturated carbocycles. The molecule has 1 aromatic carbocycles. The first-order valence-corrected chi connectivity index (χ1v) is 7.39. The molecule has 110 valence electrons. The third-order valence-electron chi connectivity index (χ3n) is 2.89. The number of methoxy groups -OCH3 is 2. The Morgan fingerprint density at radius 1 is 1.30 bits per heavy atom. The largest absolute Gasteiger partial charge is 0.493 e. The molecule has 0 aliphatic heterocycles. The minimum atomic E-state index is -3.76. The number of nitrogens with one attached hydrogen (secondary N) is 1. The average molecular weight is 301 g/mol. The van der Waals surface area contributed by atoms with Gasteiger partial charge in [0.15, 0.2) is 11.5 Å². The minimum Gasteiger partial charge on any atom is -0.493 e. The average Bonchev–Trinajstić information content (AvgIpc) is 3.19. The predicted molar refractivity (Wildman–Crippen MR) is 69.8 cm³/mol. The number of carboxylic acids is 1.